The van der Waals surface area contributed by atoms with Crippen molar-refractivity contribution in [3.05, 3.63) is 0 Å². The predicted molar refractivity (Wildman–Crippen MR) is 130 cm³/mol. The zero-order valence-electron chi connectivity index (χ0n) is 18.7. The van der Waals surface area contributed by atoms with Crippen LogP contribution < -0.4 is 33.2 Å². The van der Waals surface area contributed by atoms with E-state index in [9.17, 15) is 29.1 Å². The number of hydrogen-bond acceptors (Lipinski definition) is 9. The summed E-state index contributed by atoms with van der Waals surface area (Å²) in [6.45, 7) is 0.398. The van der Waals surface area contributed by atoms with Crippen molar-refractivity contribution in [1.29, 1.82) is 0 Å². The summed E-state index contributed by atoms with van der Waals surface area (Å²) in [5.41, 5.74) is 16.3. The first-order valence-corrected chi connectivity index (χ1v) is 12.6. The van der Waals surface area contributed by atoms with E-state index in [0.29, 0.717) is 25.1 Å². The van der Waals surface area contributed by atoms with Gasteiger partial charge >= 0.3 is 5.97 Å². The third kappa shape index (κ3) is 13.3. The molecule has 0 aromatic heterocycles. The molecule has 0 spiro atoms. The molecule has 4 atom stereocenters. The van der Waals surface area contributed by atoms with E-state index < -0.39 is 53.8 Å². The normalized spacial score (nSPS) is 14.4. The zero-order chi connectivity index (χ0) is 25.4. The van der Waals surface area contributed by atoms with Crippen LogP contribution in [0.4, 0.5) is 0 Å². The van der Waals surface area contributed by atoms with Crippen molar-refractivity contribution in [2.75, 3.05) is 24.3 Å². The Morgan fingerprint density at radius 3 is 2.00 bits per heavy atom. The quantitative estimate of drug-likeness (QED) is 0.0751. The molecule has 0 heterocycles. The molecule has 33 heavy (non-hydrogen) atoms. The van der Waals surface area contributed by atoms with Crippen LogP contribution in [0.2, 0.25) is 0 Å². The van der Waals surface area contributed by atoms with Crippen LogP contribution in [0, 0.1) is 0 Å². The number of primary amides is 1. The first-order valence-electron chi connectivity index (χ1n) is 10.5. The van der Waals surface area contributed by atoms with Gasteiger partial charge in [0.25, 0.3) is 0 Å². The first kappa shape index (κ1) is 31.0. The summed E-state index contributed by atoms with van der Waals surface area (Å²) < 4.78 is 0. The lowest BCUT2D eigenvalue weighted by molar-refractivity contribution is -0.142. The molecule has 0 fully saturated rings. The zero-order valence-corrected chi connectivity index (χ0v) is 20.5. The number of carbonyl (C=O) groups is 5. The highest BCUT2D eigenvalue weighted by Gasteiger charge is 2.29. The molecular weight excluding hydrogens is 472 g/mol. The van der Waals surface area contributed by atoms with E-state index in [1.165, 1.54) is 11.8 Å². The molecular formula is C19H36N6O6S2. The minimum Gasteiger partial charge on any atom is -0.480 e. The fourth-order valence-electron chi connectivity index (χ4n) is 2.70. The summed E-state index contributed by atoms with van der Waals surface area (Å²) in [5.74, 6) is -3.33. The monoisotopic (exact) mass is 508 g/mol. The lowest BCUT2D eigenvalue weighted by atomic mass is 10.1. The van der Waals surface area contributed by atoms with Crippen LogP contribution in [0.3, 0.4) is 0 Å². The van der Waals surface area contributed by atoms with Gasteiger partial charge in [0.05, 0.1) is 6.04 Å². The van der Waals surface area contributed by atoms with Gasteiger partial charge in [-0.15, -0.1) is 0 Å². The van der Waals surface area contributed by atoms with Crippen LogP contribution in [-0.4, -0.2) is 83.2 Å². The minimum atomic E-state index is -1.18. The molecule has 0 aliphatic rings. The maximum Gasteiger partial charge on any atom is 0.326 e. The van der Waals surface area contributed by atoms with Crippen molar-refractivity contribution in [3.8, 4) is 0 Å². The number of nitrogens with two attached hydrogens (primary N) is 3. The van der Waals surface area contributed by atoms with Crippen LogP contribution in [-0.2, 0) is 24.0 Å². The van der Waals surface area contributed by atoms with Gasteiger partial charge in [0, 0.05) is 12.2 Å². The molecule has 14 heteroatoms. The number of thioether (sulfide) groups is 1. The Kier molecular flexibility index (Phi) is 16.4. The lowest BCUT2D eigenvalue weighted by Crippen LogP contribution is -2.57. The number of carboxylic acid groups (broad SMARTS) is 1. The van der Waals surface area contributed by atoms with E-state index in [4.69, 9.17) is 17.2 Å². The highest BCUT2D eigenvalue weighted by Crippen LogP contribution is 2.05. The van der Waals surface area contributed by atoms with Crippen molar-refractivity contribution < 1.29 is 29.1 Å². The predicted octanol–water partition coefficient (Wildman–Crippen LogP) is -2.07. The third-order valence-electron chi connectivity index (χ3n) is 4.66. The van der Waals surface area contributed by atoms with E-state index in [0.717, 1.165) is 0 Å². The van der Waals surface area contributed by atoms with Crippen LogP contribution >= 0.6 is 24.4 Å². The number of thiol groups is 1. The van der Waals surface area contributed by atoms with Crippen molar-refractivity contribution >= 4 is 54.0 Å². The number of unbranched alkanes of at least 4 members (excludes halogenated alkanes) is 1. The summed E-state index contributed by atoms with van der Waals surface area (Å²) in [6.07, 6.45) is 3.35. The van der Waals surface area contributed by atoms with Gasteiger partial charge in [-0.25, -0.2) is 4.79 Å². The molecule has 4 amide bonds. The second kappa shape index (κ2) is 17.4. The molecule has 12 nitrogen and oxygen atoms in total. The van der Waals surface area contributed by atoms with E-state index in [-0.39, 0.29) is 31.4 Å². The van der Waals surface area contributed by atoms with Gasteiger partial charge in [-0.1, -0.05) is 0 Å². The molecule has 0 aromatic carbocycles. The minimum absolute atomic E-state index is 0.0204. The van der Waals surface area contributed by atoms with E-state index in [1.807, 2.05) is 6.26 Å². The Labute approximate surface area is 203 Å². The van der Waals surface area contributed by atoms with Gasteiger partial charge < -0.3 is 38.3 Å². The fourth-order valence-corrected chi connectivity index (χ4v) is 3.43. The summed E-state index contributed by atoms with van der Waals surface area (Å²) in [7, 11) is 0. The fraction of sp³-hybridized carbons (Fsp3) is 0.737. The van der Waals surface area contributed by atoms with Crippen molar-refractivity contribution in [3.63, 3.8) is 0 Å². The Morgan fingerprint density at radius 2 is 1.48 bits per heavy atom. The number of amides is 4. The van der Waals surface area contributed by atoms with Crippen LogP contribution in [0.15, 0.2) is 0 Å². The molecule has 0 saturated heterocycles. The van der Waals surface area contributed by atoms with Gasteiger partial charge in [-0.3, -0.25) is 19.2 Å². The van der Waals surface area contributed by atoms with Crippen LogP contribution in [0.5, 0.6) is 0 Å². The molecule has 0 rings (SSSR count). The SMILES string of the molecule is CSCCC(NC(=O)C(CS)NC(=O)C(CCCCN)NC(=O)C(N)CCC(N)=O)C(=O)O. The molecule has 0 bridgehead atoms. The summed E-state index contributed by atoms with van der Waals surface area (Å²) in [6, 6.07) is -4.27. The molecule has 10 N–H and O–H groups in total. The highest BCUT2D eigenvalue weighted by atomic mass is 32.2. The Bertz CT molecular complexity index is 669. The summed E-state index contributed by atoms with van der Waals surface area (Å²) >= 11 is 5.52. The number of aliphatic carboxylic acids is 1. The molecule has 4 unspecified atom stereocenters. The maximum atomic E-state index is 12.8. The number of hydrogen-bond donors (Lipinski definition) is 8. The van der Waals surface area contributed by atoms with Crippen LogP contribution in [0.1, 0.15) is 38.5 Å². The topological polar surface area (TPSA) is 220 Å². The number of nitrogens with one attached hydrogen (secondary N) is 3. The lowest BCUT2D eigenvalue weighted by Gasteiger charge is -2.24. The molecule has 0 aliphatic heterocycles. The molecule has 0 aromatic rings. The van der Waals surface area contributed by atoms with Crippen molar-refractivity contribution in [2.45, 2.75) is 62.7 Å². The average Bonchev–Trinajstić information content (AvgIpc) is 2.77. The van der Waals surface area contributed by atoms with Gasteiger partial charge in [0.2, 0.25) is 23.6 Å². The largest absolute Gasteiger partial charge is 0.480 e. The average molecular weight is 509 g/mol. The van der Waals surface area contributed by atoms with E-state index in [2.05, 4.69) is 28.6 Å². The number of carbonyl (C=O) groups excluding carboxylic acids is 4. The Balaban J connectivity index is 5.19. The summed E-state index contributed by atoms with van der Waals surface area (Å²) in [4.78, 5) is 60.0. The molecule has 0 aliphatic carbocycles. The molecule has 0 saturated carbocycles. The van der Waals surface area contributed by atoms with Crippen molar-refractivity contribution in [2.24, 2.45) is 17.2 Å². The van der Waals surface area contributed by atoms with Crippen LogP contribution in [0.25, 0.3) is 0 Å². The number of rotatable bonds is 18. The van der Waals surface area contributed by atoms with E-state index in [1.54, 1.807) is 0 Å². The second-order valence-corrected chi connectivity index (χ2v) is 8.73. The highest BCUT2D eigenvalue weighted by molar-refractivity contribution is 7.98. The molecule has 0 radical (unpaired) electrons. The summed E-state index contributed by atoms with van der Waals surface area (Å²) in [5, 5.41) is 16.7. The van der Waals surface area contributed by atoms with Gasteiger partial charge in [-0.2, -0.15) is 24.4 Å². The standard InChI is InChI=1S/C19H36N6O6S2/c1-33-9-7-13(19(30)31)24-18(29)14(10-32)25-17(28)12(4-2-3-8-20)23-16(27)11(21)5-6-15(22)26/h11-14,32H,2-10,20-21H2,1H3,(H2,22,26)(H,23,27)(H,24,29)(H,25,28)(H,30,31). The number of carboxylic acids is 1. The third-order valence-corrected chi connectivity index (χ3v) is 5.67. The van der Waals surface area contributed by atoms with Gasteiger partial charge in [0.15, 0.2) is 0 Å². The molecule has 190 valence electrons. The second-order valence-electron chi connectivity index (χ2n) is 7.38. The maximum absolute atomic E-state index is 12.8. The van der Waals surface area contributed by atoms with Crippen molar-refractivity contribution in [1.82, 2.24) is 16.0 Å². The van der Waals surface area contributed by atoms with E-state index >= 15 is 0 Å². The Hall–Kier alpha value is -2.03. The Morgan fingerprint density at radius 1 is 0.909 bits per heavy atom. The van der Waals surface area contributed by atoms with Gasteiger partial charge in [0.1, 0.15) is 18.1 Å². The van der Waals surface area contributed by atoms with Gasteiger partial charge in [-0.05, 0) is 50.7 Å². The first-order chi connectivity index (χ1) is 15.6. The smallest absolute Gasteiger partial charge is 0.326 e.